The number of carbonyl (C=O) groups excluding carboxylic acids is 2. The molecule has 192 valence electrons. The Hall–Kier alpha value is -2.18. The van der Waals surface area contributed by atoms with Gasteiger partial charge in [-0.25, -0.2) is 4.79 Å². The van der Waals surface area contributed by atoms with E-state index in [-0.39, 0.29) is 29.3 Å². The van der Waals surface area contributed by atoms with Gasteiger partial charge in [0, 0.05) is 12.5 Å². The summed E-state index contributed by atoms with van der Waals surface area (Å²) in [4.78, 5) is 43.0. The quantitative estimate of drug-likeness (QED) is 0.575. The Morgan fingerprint density at radius 2 is 1.89 bits per heavy atom. The van der Waals surface area contributed by atoms with Crippen molar-refractivity contribution in [3.63, 3.8) is 0 Å². The van der Waals surface area contributed by atoms with E-state index in [2.05, 4.69) is 25.1 Å². The number of carboxylic acid groups (broad SMARTS) is 1. The maximum absolute atomic E-state index is 12.5. The van der Waals surface area contributed by atoms with Gasteiger partial charge in [0.1, 0.15) is 11.8 Å². The van der Waals surface area contributed by atoms with Crippen LogP contribution in [-0.4, -0.2) is 52.6 Å². The second-order valence-corrected chi connectivity index (χ2v) is 12.2. The number of ketones is 1. The summed E-state index contributed by atoms with van der Waals surface area (Å²) in [6.45, 7) is 6.88. The largest absolute Gasteiger partial charge is 0.480 e. The third-order valence-corrected chi connectivity index (χ3v) is 10.7. The highest BCUT2D eigenvalue weighted by atomic mass is 16.6. The van der Waals surface area contributed by atoms with E-state index >= 15 is 0 Å². The van der Waals surface area contributed by atoms with Crippen molar-refractivity contribution in [1.29, 1.82) is 0 Å². The fourth-order valence-electron chi connectivity index (χ4n) is 8.89. The molecule has 1 heterocycles. The van der Waals surface area contributed by atoms with E-state index in [0.29, 0.717) is 42.9 Å². The molecule has 35 heavy (non-hydrogen) atoms. The number of likely N-dealkylation sites (tertiary alicyclic amines) is 1. The van der Waals surface area contributed by atoms with E-state index in [1.165, 1.54) is 29.7 Å². The topological polar surface area (TPSA) is 96.3 Å². The molecule has 1 aliphatic heterocycles. The van der Waals surface area contributed by atoms with Crippen molar-refractivity contribution in [1.82, 2.24) is 4.90 Å². The van der Waals surface area contributed by atoms with Crippen LogP contribution in [0.25, 0.3) is 0 Å². The fourth-order valence-corrected chi connectivity index (χ4v) is 8.89. The molecule has 0 bridgehead atoms. The molecule has 3 saturated carbocycles. The average Bonchev–Trinajstić information content (AvgIpc) is 3.44. The second-order valence-electron chi connectivity index (χ2n) is 12.2. The summed E-state index contributed by atoms with van der Waals surface area (Å²) in [6, 6.07) is -0.741. The number of nitrogens with zero attached hydrogens (tertiary/aromatic N) is 2. The number of hydrogen-bond acceptors (Lipinski definition) is 5. The van der Waals surface area contributed by atoms with Crippen molar-refractivity contribution in [2.24, 2.45) is 39.7 Å². The lowest BCUT2D eigenvalue weighted by atomic mass is 9.46. The third kappa shape index (κ3) is 4.03. The zero-order chi connectivity index (χ0) is 25.0. The van der Waals surface area contributed by atoms with Crippen LogP contribution in [-0.2, 0) is 19.2 Å². The van der Waals surface area contributed by atoms with Gasteiger partial charge >= 0.3 is 5.97 Å². The van der Waals surface area contributed by atoms with Crippen LogP contribution in [0, 0.1) is 34.5 Å². The Labute approximate surface area is 208 Å². The van der Waals surface area contributed by atoms with Crippen molar-refractivity contribution in [2.75, 3.05) is 13.2 Å². The molecule has 0 spiro atoms. The fraction of sp³-hybridized carbons (Fsp3) is 0.786. The lowest BCUT2D eigenvalue weighted by Crippen LogP contribution is -2.51. The van der Waals surface area contributed by atoms with Gasteiger partial charge in [-0.15, -0.1) is 0 Å². The molecule has 0 aromatic rings. The van der Waals surface area contributed by atoms with Crippen molar-refractivity contribution >= 4 is 23.4 Å². The van der Waals surface area contributed by atoms with E-state index in [1.54, 1.807) is 6.92 Å². The third-order valence-electron chi connectivity index (χ3n) is 10.7. The maximum atomic E-state index is 12.5. The van der Waals surface area contributed by atoms with Gasteiger partial charge in [-0.05, 0) is 106 Å². The molecule has 5 aliphatic rings. The first-order valence-corrected chi connectivity index (χ1v) is 13.6. The highest BCUT2D eigenvalue weighted by molar-refractivity contribution is 5.96. The number of oxime groups is 1. The van der Waals surface area contributed by atoms with Crippen molar-refractivity contribution in [3.05, 3.63) is 11.6 Å². The Morgan fingerprint density at radius 1 is 1.09 bits per heavy atom. The number of aliphatic carboxylic acids is 1. The Morgan fingerprint density at radius 3 is 2.63 bits per heavy atom. The molecule has 7 heteroatoms. The predicted molar refractivity (Wildman–Crippen MR) is 132 cm³/mol. The molecule has 0 aromatic heterocycles. The van der Waals surface area contributed by atoms with Crippen LogP contribution in [0.3, 0.4) is 0 Å². The Kier molecular flexibility index (Phi) is 6.33. The van der Waals surface area contributed by atoms with Gasteiger partial charge in [-0.3, -0.25) is 9.59 Å². The molecule has 0 unspecified atom stereocenters. The predicted octanol–water partition coefficient (Wildman–Crippen LogP) is 4.60. The highest BCUT2D eigenvalue weighted by Gasteiger charge is 2.59. The Balaban J connectivity index is 1.24. The van der Waals surface area contributed by atoms with Crippen LogP contribution >= 0.6 is 0 Å². The van der Waals surface area contributed by atoms with Gasteiger partial charge in [-0.2, -0.15) is 0 Å². The van der Waals surface area contributed by atoms with Crippen LogP contribution in [0.15, 0.2) is 16.8 Å². The van der Waals surface area contributed by atoms with Gasteiger partial charge in [0.05, 0.1) is 5.71 Å². The highest BCUT2D eigenvalue weighted by Crippen LogP contribution is 2.66. The van der Waals surface area contributed by atoms with Gasteiger partial charge in [-0.1, -0.05) is 24.6 Å². The normalized spacial score (nSPS) is 41.6. The number of rotatable bonds is 5. The molecule has 0 radical (unpaired) electrons. The first-order chi connectivity index (χ1) is 16.6. The molecule has 7 atom stereocenters. The SMILES string of the molecule is CC(=O)[C@H]1CC[C@H]2[C@@H]3CCC4=CC(=NOCC(=O)N5CCC[C@@H]5C(=O)O)CC[C@]4(C)[C@H]3CC[C@]12C. The zero-order valence-corrected chi connectivity index (χ0v) is 21.4. The standard InChI is InChI=1S/C28H40N2O5/c1-17(31)21-8-9-22-20-7-6-18-15-19(10-12-27(18,2)23(20)11-13-28(21,22)3)29-35-16-25(32)30-14-4-5-24(30)26(33)34/h15,20-24H,4-14,16H2,1-3H3,(H,33,34)/t20-,21+,22-,23-,24+,27-,28+/m0/s1. The van der Waals surface area contributed by atoms with Gasteiger partial charge < -0.3 is 14.8 Å². The molecule has 1 amide bonds. The zero-order valence-electron chi connectivity index (χ0n) is 21.4. The monoisotopic (exact) mass is 484 g/mol. The molecule has 4 fully saturated rings. The number of allylic oxidation sites excluding steroid dienone is 2. The van der Waals surface area contributed by atoms with Crippen LogP contribution in [0.4, 0.5) is 0 Å². The van der Waals surface area contributed by atoms with E-state index in [1.807, 2.05) is 0 Å². The summed E-state index contributed by atoms with van der Waals surface area (Å²) >= 11 is 0. The van der Waals surface area contributed by atoms with Crippen LogP contribution in [0.2, 0.25) is 0 Å². The number of Topliss-reactive ketones (excluding diaryl/α,β-unsaturated/α-hetero) is 1. The molecule has 4 aliphatic carbocycles. The molecule has 5 rings (SSSR count). The summed E-state index contributed by atoms with van der Waals surface area (Å²) in [6.07, 6.45) is 12.2. The number of carbonyl (C=O) groups is 3. The van der Waals surface area contributed by atoms with E-state index in [9.17, 15) is 19.5 Å². The Bertz CT molecular complexity index is 972. The molecule has 1 N–H and O–H groups in total. The number of carboxylic acids is 1. The molecule has 0 aromatic carbocycles. The van der Waals surface area contributed by atoms with Gasteiger partial charge in [0.2, 0.25) is 0 Å². The number of hydrogen-bond donors (Lipinski definition) is 1. The van der Waals surface area contributed by atoms with Crippen LogP contribution in [0.5, 0.6) is 0 Å². The van der Waals surface area contributed by atoms with E-state index in [0.717, 1.165) is 37.8 Å². The second kappa shape index (κ2) is 9.04. The van der Waals surface area contributed by atoms with Crippen molar-refractivity contribution in [3.8, 4) is 0 Å². The van der Waals surface area contributed by atoms with Crippen molar-refractivity contribution < 1.29 is 24.3 Å². The van der Waals surface area contributed by atoms with Gasteiger partial charge in [0.15, 0.2) is 6.61 Å². The van der Waals surface area contributed by atoms with E-state index in [4.69, 9.17) is 4.84 Å². The van der Waals surface area contributed by atoms with E-state index < -0.39 is 12.0 Å². The van der Waals surface area contributed by atoms with Crippen LogP contribution < -0.4 is 0 Å². The lowest BCUT2D eigenvalue weighted by Gasteiger charge is -2.58. The summed E-state index contributed by atoms with van der Waals surface area (Å²) in [5, 5.41) is 13.6. The molecule has 7 nitrogen and oxygen atoms in total. The minimum Gasteiger partial charge on any atom is -0.480 e. The minimum absolute atomic E-state index is 0.178. The minimum atomic E-state index is -0.952. The van der Waals surface area contributed by atoms with Crippen molar-refractivity contribution in [2.45, 2.75) is 91.0 Å². The maximum Gasteiger partial charge on any atom is 0.326 e. The smallest absolute Gasteiger partial charge is 0.326 e. The summed E-state index contributed by atoms with van der Waals surface area (Å²) in [5.74, 6) is 1.41. The summed E-state index contributed by atoms with van der Waals surface area (Å²) in [7, 11) is 0. The number of fused-ring (bicyclic) bond motifs is 5. The van der Waals surface area contributed by atoms with Crippen LogP contribution in [0.1, 0.15) is 85.0 Å². The summed E-state index contributed by atoms with van der Waals surface area (Å²) < 4.78 is 0. The molecule has 1 saturated heterocycles. The van der Waals surface area contributed by atoms with Gasteiger partial charge in [0.25, 0.3) is 5.91 Å². The molecular formula is C28H40N2O5. The lowest BCUT2D eigenvalue weighted by molar-refractivity contribution is -0.150. The first-order valence-electron chi connectivity index (χ1n) is 13.6. The first kappa shape index (κ1) is 24.5. The average molecular weight is 485 g/mol. The number of amides is 1. The molecular weight excluding hydrogens is 444 g/mol. The summed E-state index contributed by atoms with van der Waals surface area (Å²) in [5.41, 5.74) is 2.71.